The summed E-state index contributed by atoms with van der Waals surface area (Å²) in [6, 6.07) is 15.3. The number of likely N-dealkylation sites (tertiary alicyclic amines) is 1. The van der Waals surface area contributed by atoms with Gasteiger partial charge in [-0.3, -0.25) is 4.79 Å². The molecule has 3 amide bonds. The van der Waals surface area contributed by atoms with E-state index in [9.17, 15) is 9.59 Å². The second kappa shape index (κ2) is 7.86. The number of urea groups is 1. The molecule has 25 heavy (non-hydrogen) atoms. The first-order chi connectivity index (χ1) is 12.0. The molecular weight excluding hydrogens is 429 g/mol. The van der Waals surface area contributed by atoms with Crippen molar-refractivity contribution < 1.29 is 9.59 Å². The lowest BCUT2D eigenvalue weighted by Gasteiger charge is -2.17. The highest BCUT2D eigenvalue weighted by Gasteiger charge is 2.30. The van der Waals surface area contributed by atoms with Crippen molar-refractivity contribution >= 4 is 40.2 Å². The van der Waals surface area contributed by atoms with Crippen LogP contribution in [0.25, 0.3) is 0 Å². The molecule has 130 valence electrons. The standard InChI is InChI=1S/C19H20IN3O2/c1-13-9-15(20)7-8-17(13)22-19(25)21-16-10-18(24)23(12-16)11-14-5-3-2-4-6-14/h2-9,16H,10-12H2,1H3,(H2,21,22,25). The monoisotopic (exact) mass is 449 g/mol. The maximum Gasteiger partial charge on any atom is 0.319 e. The molecule has 2 aromatic carbocycles. The number of halogens is 1. The first-order valence-electron chi connectivity index (χ1n) is 8.16. The van der Waals surface area contributed by atoms with Crippen LogP contribution in [0.2, 0.25) is 0 Å². The van der Waals surface area contributed by atoms with Crippen LogP contribution in [0.3, 0.4) is 0 Å². The van der Waals surface area contributed by atoms with Gasteiger partial charge >= 0.3 is 6.03 Å². The van der Waals surface area contributed by atoms with Gasteiger partial charge in [-0.15, -0.1) is 0 Å². The zero-order valence-electron chi connectivity index (χ0n) is 14.0. The summed E-state index contributed by atoms with van der Waals surface area (Å²) in [6.45, 7) is 3.07. The van der Waals surface area contributed by atoms with Crippen LogP contribution in [-0.4, -0.2) is 29.4 Å². The Morgan fingerprint density at radius 3 is 2.72 bits per heavy atom. The molecule has 0 radical (unpaired) electrons. The van der Waals surface area contributed by atoms with E-state index in [1.165, 1.54) is 0 Å². The highest BCUT2D eigenvalue weighted by Crippen LogP contribution is 2.18. The zero-order chi connectivity index (χ0) is 17.8. The fourth-order valence-corrected chi connectivity index (χ4v) is 3.58. The number of anilines is 1. The van der Waals surface area contributed by atoms with Crippen molar-refractivity contribution in [3.05, 3.63) is 63.2 Å². The first-order valence-corrected chi connectivity index (χ1v) is 9.24. The Morgan fingerprint density at radius 2 is 2.00 bits per heavy atom. The van der Waals surface area contributed by atoms with Crippen molar-refractivity contribution in [2.45, 2.75) is 25.9 Å². The summed E-state index contributed by atoms with van der Waals surface area (Å²) in [5.41, 5.74) is 2.88. The molecule has 1 fully saturated rings. The number of rotatable bonds is 4. The van der Waals surface area contributed by atoms with Gasteiger partial charge in [0, 0.05) is 28.8 Å². The molecule has 1 saturated heterocycles. The predicted molar refractivity (Wildman–Crippen MR) is 106 cm³/mol. The van der Waals surface area contributed by atoms with Crippen LogP contribution in [0.1, 0.15) is 17.5 Å². The first kappa shape index (κ1) is 17.7. The molecule has 1 atom stereocenters. The van der Waals surface area contributed by atoms with E-state index >= 15 is 0 Å². The molecule has 2 aromatic rings. The fraction of sp³-hybridized carbons (Fsp3) is 0.263. The van der Waals surface area contributed by atoms with Crippen LogP contribution < -0.4 is 10.6 Å². The number of nitrogens with one attached hydrogen (secondary N) is 2. The summed E-state index contributed by atoms with van der Waals surface area (Å²) in [4.78, 5) is 26.2. The lowest BCUT2D eigenvalue weighted by Crippen LogP contribution is -2.39. The molecule has 6 heteroatoms. The second-order valence-corrected chi connectivity index (χ2v) is 7.46. The van der Waals surface area contributed by atoms with Gasteiger partial charge in [0.05, 0.1) is 6.04 Å². The Morgan fingerprint density at radius 1 is 1.24 bits per heavy atom. The van der Waals surface area contributed by atoms with E-state index in [0.717, 1.165) is 20.4 Å². The van der Waals surface area contributed by atoms with Crippen molar-refractivity contribution in [1.82, 2.24) is 10.2 Å². The number of benzene rings is 2. The predicted octanol–water partition coefficient (Wildman–Crippen LogP) is 3.52. The van der Waals surface area contributed by atoms with E-state index in [4.69, 9.17) is 0 Å². The zero-order valence-corrected chi connectivity index (χ0v) is 16.1. The SMILES string of the molecule is Cc1cc(I)ccc1NC(=O)NC1CC(=O)N(Cc2ccccc2)C1. The summed E-state index contributed by atoms with van der Waals surface area (Å²) >= 11 is 2.24. The van der Waals surface area contributed by atoms with Crippen molar-refractivity contribution in [2.75, 3.05) is 11.9 Å². The van der Waals surface area contributed by atoms with Gasteiger partial charge < -0.3 is 15.5 Å². The molecule has 2 N–H and O–H groups in total. The second-order valence-electron chi connectivity index (χ2n) is 6.22. The summed E-state index contributed by atoms with van der Waals surface area (Å²) in [7, 11) is 0. The molecular formula is C19H20IN3O2. The number of amides is 3. The molecule has 1 aliphatic heterocycles. The molecule has 0 saturated carbocycles. The summed E-state index contributed by atoms with van der Waals surface area (Å²) in [6.07, 6.45) is 0.339. The summed E-state index contributed by atoms with van der Waals surface area (Å²) in [5, 5.41) is 5.76. The number of hydrogen-bond acceptors (Lipinski definition) is 2. The molecule has 3 rings (SSSR count). The minimum absolute atomic E-state index is 0.0691. The van der Waals surface area contributed by atoms with Crippen molar-refractivity contribution in [3.8, 4) is 0 Å². The maximum absolute atomic E-state index is 12.2. The number of nitrogens with zero attached hydrogens (tertiary/aromatic N) is 1. The van der Waals surface area contributed by atoms with Gasteiger partial charge in [-0.1, -0.05) is 30.3 Å². The molecule has 0 spiro atoms. The largest absolute Gasteiger partial charge is 0.336 e. The van der Waals surface area contributed by atoms with Crippen LogP contribution >= 0.6 is 22.6 Å². The lowest BCUT2D eigenvalue weighted by atomic mass is 10.2. The lowest BCUT2D eigenvalue weighted by molar-refractivity contribution is -0.128. The Hall–Kier alpha value is -2.09. The third kappa shape index (κ3) is 4.72. The Labute approximate surface area is 160 Å². The van der Waals surface area contributed by atoms with E-state index in [1.807, 2.05) is 55.5 Å². The van der Waals surface area contributed by atoms with Crippen molar-refractivity contribution in [1.29, 1.82) is 0 Å². The molecule has 5 nitrogen and oxygen atoms in total. The van der Waals surface area contributed by atoms with E-state index in [2.05, 4.69) is 33.2 Å². The number of carbonyl (C=O) groups excluding carboxylic acids is 2. The number of aryl methyl sites for hydroxylation is 1. The quantitative estimate of drug-likeness (QED) is 0.702. The van der Waals surface area contributed by atoms with E-state index in [0.29, 0.717) is 19.5 Å². The van der Waals surface area contributed by atoms with Crippen LogP contribution in [0.5, 0.6) is 0 Å². The number of carbonyl (C=O) groups is 2. The highest BCUT2D eigenvalue weighted by molar-refractivity contribution is 14.1. The third-order valence-electron chi connectivity index (χ3n) is 4.20. The van der Waals surface area contributed by atoms with Gasteiger partial charge in [0.15, 0.2) is 0 Å². The third-order valence-corrected chi connectivity index (χ3v) is 4.87. The van der Waals surface area contributed by atoms with Gasteiger partial charge in [0.2, 0.25) is 5.91 Å². The van der Waals surface area contributed by atoms with Gasteiger partial charge in [0.1, 0.15) is 0 Å². The van der Waals surface area contributed by atoms with Crippen molar-refractivity contribution in [3.63, 3.8) is 0 Å². The van der Waals surface area contributed by atoms with Crippen LogP contribution in [0, 0.1) is 10.5 Å². The summed E-state index contributed by atoms with van der Waals surface area (Å²) in [5.74, 6) is 0.0691. The normalized spacial score (nSPS) is 16.8. The highest BCUT2D eigenvalue weighted by atomic mass is 127. The molecule has 1 aliphatic rings. The molecule has 1 unspecified atom stereocenters. The Balaban J connectivity index is 1.55. The fourth-order valence-electron chi connectivity index (χ4n) is 2.94. The van der Waals surface area contributed by atoms with E-state index in [-0.39, 0.29) is 18.0 Å². The van der Waals surface area contributed by atoms with Gasteiger partial charge in [0.25, 0.3) is 0 Å². The molecule has 0 aromatic heterocycles. The average Bonchev–Trinajstić information content (AvgIpc) is 2.90. The van der Waals surface area contributed by atoms with Crippen LogP contribution in [0.4, 0.5) is 10.5 Å². The summed E-state index contributed by atoms with van der Waals surface area (Å²) < 4.78 is 1.12. The van der Waals surface area contributed by atoms with Crippen molar-refractivity contribution in [2.24, 2.45) is 0 Å². The minimum Gasteiger partial charge on any atom is -0.336 e. The molecule has 0 bridgehead atoms. The van der Waals surface area contributed by atoms with Crippen LogP contribution in [0.15, 0.2) is 48.5 Å². The van der Waals surface area contributed by atoms with Crippen LogP contribution in [-0.2, 0) is 11.3 Å². The Bertz CT molecular complexity index is 779. The average molecular weight is 449 g/mol. The maximum atomic E-state index is 12.2. The van der Waals surface area contributed by atoms with Gasteiger partial charge in [-0.25, -0.2) is 4.79 Å². The van der Waals surface area contributed by atoms with E-state index in [1.54, 1.807) is 4.90 Å². The van der Waals surface area contributed by atoms with Gasteiger partial charge in [-0.05, 0) is 58.8 Å². The Kier molecular flexibility index (Phi) is 5.57. The topological polar surface area (TPSA) is 61.4 Å². The van der Waals surface area contributed by atoms with E-state index < -0.39 is 0 Å². The molecule has 1 heterocycles. The van der Waals surface area contributed by atoms with Gasteiger partial charge in [-0.2, -0.15) is 0 Å². The smallest absolute Gasteiger partial charge is 0.319 e. The molecule has 0 aliphatic carbocycles. The minimum atomic E-state index is -0.274. The number of hydrogen-bond donors (Lipinski definition) is 2.